The predicted octanol–water partition coefficient (Wildman–Crippen LogP) is 1.52. The topological polar surface area (TPSA) is 70.9 Å². The number of nitrogens with two attached hydrogens (primary N) is 1. The van der Waals surface area contributed by atoms with Gasteiger partial charge in [0.05, 0.1) is 5.75 Å². The molecule has 0 saturated carbocycles. The van der Waals surface area contributed by atoms with Gasteiger partial charge in [0.15, 0.2) is 0 Å². The van der Waals surface area contributed by atoms with Gasteiger partial charge < -0.3 is 16.0 Å². The highest BCUT2D eigenvalue weighted by Crippen LogP contribution is 2.17. The summed E-state index contributed by atoms with van der Waals surface area (Å²) >= 11 is 1.57. The Morgan fingerprint density at radius 3 is 3.05 bits per heavy atom. The number of aromatic nitrogens is 1. The second-order valence-corrected chi connectivity index (χ2v) is 5.41. The van der Waals surface area contributed by atoms with Crippen molar-refractivity contribution in [2.75, 3.05) is 24.6 Å². The number of carbonyl (C=O) groups excluding carboxylic acids is 1. The number of para-hydroxylation sites is 1. The molecule has 0 unspecified atom stereocenters. The minimum absolute atomic E-state index is 0.0818. The molecule has 1 heterocycles. The van der Waals surface area contributed by atoms with Crippen LogP contribution in [0.3, 0.4) is 0 Å². The fraction of sp³-hybridized carbons (Fsp3) is 0.357. The maximum Gasteiger partial charge on any atom is 0.230 e. The number of amides is 1. The van der Waals surface area contributed by atoms with Gasteiger partial charge in [-0.1, -0.05) is 18.2 Å². The van der Waals surface area contributed by atoms with Gasteiger partial charge in [-0.25, -0.2) is 0 Å². The van der Waals surface area contributed by atoms with E-state index in [1.807, 2.05) is 18.3 Å². The molecule has 4 nitrogen and oxygen atoms in total. The van der Waals surface area contributed by atoms with E-state index < -0.39 is 0 Å². The quantitative estimate of drug-likeness (QED) is 0.672. The molecular weight excluding hydrogens is 258 g/mol. The highest BCUT2D eigenvalue weighted by molar-refractivity contribution is 7.99. The van der Waals surface area contributed by atoms with Crippen molar-refractivity contribution in [2.24, 2.45) is 5.73 Å². The second kappa shape index (κ2) is 7.21. The lowest BCUT2D eigenvalue weighted by atomic mass is 10.1. The molecule has 0 spiro atoms. The van der Waals surface area contributed by atoms with Gasteiger partial charge in [0, 0.05) is 35.9 Å². The van der Waals surface area contributed by atoms with Crippen LogP contribution in [0.4, 0.5) is 0 Å². The number of carbonyl (C=O) groups is 1. The largest absolute Gasteiger partial charge is 0.361 e. The normalized spacial score (nSPS) is 10.8. The third-order valence-corrected chi connectivity index (χ3v) is 3.88. The Morgan fingerprint density at radius 1 is 1.37 bits per heavy atom. The van der Waals surface area contributed by atoms with Gasteiger partial charge in [0.1, 0.15) is 0 Å². The van der Waals surface area contributed by atoms with Crippen LogP contribution in [0, 0.1) is 0 Å². The summed E-state index contributed by atoms with van der Waals surface area (Å²) in [5.41, 5.74) is 7.76. The van der Waals surface area contributed by atoms with Crippen LogP contribution in [-0.2, 0) is 11.2 Å². The van der Waals surface area contributed by atoms with Crippen LogP contribution in [0.1, 0.15) is 5.56 Å². The smallest absolute Gasteiger partial charge is 0.230 e. The lowest BCUT2D eigenvalue weighted by molar-refractivity contribution is -0.118. The van der Waals surface area contributed by atoms with Crippen LogP contribution in [0.25, 0.3) is 10.9 Å². The Kier molecular flexibility index (Phi) is 5.30. The molecule has 19 heavy (non-hydrogen) atoms. The Bertz CT molecular complexity index is 538. The Labute approximate surface area is 117 Å². The van der Waals surface area contributed by atoms with Crippen molar-refractivity contribution in [3.05, 3.63) is 36.0 Å². The van der Waals surface area contributed by atoms with E-state index in [1.54, 1.807) is 11.8 Å². The van der Waals surface area contributed by atoms with Crippen LogP contribution >= 0.6 is 11.8 Å². The zero-order chi connectivity index (χ0) is 13.5. The Morgan fingerprint density at radius 2 is 2.21 bits per heavy atom. The van der Waals surface area contributed by atoms with Crippen LogP contribution < -0.4 is 11.1 Å². The maximum atomic E-state index is 11.5. The molecule has 0 atom stereocenters. The Hall–Kier alpha value is -1.46. The van der Waals surface area contributed by atoms with Gasteiger partial charge in [-0.05, 0) is 18.1 Å². The fourth-order valence-corrected chi connectivity index (χ4v) is 2.57. The van der Waals surface area contributed by atoms with Crippen LogP contribution in [0.15, 0.2) is 30.5 Å². The lowest BCUT2D eigenvalue weighted by Gasteiger charge is -2.04. The molecule has 0 aliphatic heterocycles. The highest BCUT2D eigenvalue weighted by Gasteiger charge is 2.04. The predicted molar refractivity (Wildman–Crippen MR) is 81.4 cm³/mol. The number of hydrogen-bond acceptors (Lipinski definition) is 3. The lowest BCUT2D eigenvalue weighted by Crippen LogP contribution is -2.27. The molecule has 1 aromatic heterocycles. The first-order chi connectivity index (χ1) is 9.31. The molecule has 5 heteroatoms. The van der Waals surface area contributed by atoms with Gasteiger partial charge in [-0.3, -0.25) is 4.79 Å². The molecule has 1 aromatic carbocycles. The van der Waals surface area contributed by atoms with Gasteiger partial charge >= 0.3 is 0 Å². The first-order valence-corrected chi connectivity index (χ1v) is 7.56. The van der Waals surface area contributed by atoms with Crippen molar-refractivity contribution in [2.45, 2.75) is 6.42 Å². The third-order valence-electron chi connectivity index (χ3n) is 2.89. The number of nitrogens with one attached hydrogen (secondary N) is 2. The summed E-state index contributed by atoms with van der Waals surface area (Å²) in [6.45, 7) is 1.29. The summed E-state index contributed by atoms with van der Waals surface area (Å²) in [7, 11) is 0. The maximum absolute atomic E-state index is 11.5. The van der Waals surface area contributed by atoms with E-state index in [1.165, 1.54) is 10.9 Å². The molecule has 2 aromatic rings. The van der Waals surface area contributed by atoms with Gasteiger partial charge in [-0.2, -0.15) is 11.8 Å². The molecule has 102 valence electrons. The van der Waals surface area contributed by atoms with Crippen molar-refractivity contribution >= 4 is 28.6 Å². The molecule has 0 radical (unpaired) electrons. The number of hydrogen-bond donors (Lipinski definition) is 3. The minimum atomic E-state index is 0.0818. The summed E-state index contributed by atoms with van der Waals surface area (Å²) in [5, 5.41) is 4.16. The molecule has 0 aliphatic carbocycles. The number of aromatic amines is 1. The second-order valence-electron chi connectivity index (χ2n) is 4.30. The number of benzene rings is 1. The minimum Gasteiger partial charge on any atom is -0.361 e. The zero-order valence-corrected chi connectivity index (χ0v) is 11.6. The molecule has 0 saturated heterocycles. The van der Waals surface area contributed by atoms with Gasteiger partial charge in [-0.15, -0.1) is 0 Å². The van der Waals surface area contributed by atoms with E-state index in [0.717, 1.165) is 17.7 Å². The average Bonchev–Trinajstić information content (AvgIpc) is 2.83. The molecule has 0 aliphatic rings. The Balaban J connectivity index is 1.78. The number of H-pyrrole nitrogens is 1. The molecule has 1 amide bonds. The van der Waals surface area contributed by atoms with Crippen LogP contribution in [0.5, 0.6) is 0 Å². The van der Waals surface area contributed by atoms with Crippen molar-refractivity contribution in [1.29, 1.82) is 0 Å². The standard InChI is InChI=1S/C14H19N3OS/c15-6-8-19-10-14(18)16-7-5-11-9-17-13-4-2-1-3-12(11)13/h1-4,9,17H,5-8,10,15H2,(H,16,18). The van der Waals surface area contributed by atoms with Crippen molar-refractivity contribution in [3.8, 4) is 0 Å². The zero-order valence-electron chi connectivity index (χ0n) is 10.8. The SMILES string of the molecule is NCCSCC(=O)NCCc1c[nH]c2ccccc12. The van der Waals surface area contributed by atoms with E-state index in [-0.39, 0.29) is 5.91 Å². The van der Waals surface area contributed by atoms with Gasteiger partial charge in [0.25, 0.3) is 0 Å². The molecule has 0 bridgehead atoms. The van der Waals surface area contributed by atoms with E-state index in [9.17, 15) is 4.79 Å². The fourth-order valence-electron chi connectivity index (χ4n) is 1.97. The van der Waals surface area contributed by atoms with E-state index in [2.05, 4.69) is 22.4 Å². The van der Waals surface area contributed by atoms with Crippen LogP contribution in [0.2, 0.25) is 0 Å². The van der Waals surface area contributed by atoms with E-state index in [0.29, 0.717) is 18.8 Å². The van der Waals surface area contributed by atoms with Crippen molar-refractivity contribution in [1.82, 2.24) is 10.3 Å². The molecule has 0 fully saturated rings. The summed E-state index contributed by atoms with van der Waals surface area (Å²) in [6.07, 6.45) is 2.86. The summed E-state index contributed by atoms with van der Waals surface area (Å²) < 4.78 is 0. The average molecular weight is 277 g/mol. The summed E-state index contributed by atoms with van der Waals surface area (Å²) in [5.74, 6) is 1.40. The summed E-state index contributed by atoms with van der Waals surface area (Å²) in [6, 6.07) is 8.20. The first-order valence-electron chi connectivity index (χ1n) is 6.41. The number of fused-ring (bicyclic) bond motifs is 1. The van der Waals surface area contributed by atoms with Crippen molar-refractivity contribution < 1.29 is 4.79 Å². The first kappa shape index (κ1) is 14.0. The van der Waals surface area contributed by atoms with Crippen LogP contribution in [-0.4, -0.2) is 35.5 Å². The monoisotopic (exact) mass is 277 g/mol. The molecule has 2 rings (SSSR count). The number of thioether (sulfide) groups is 1. The number of rotatable bonds is 7. The summed E-state index contributed by atoms with van der Waals surface area (Å²) in [4.78, 5) is 14.8. The third kappa shape index (κ3) is 4.01. The molecular formula is C14H19N3OS. The molecule has 4 N–H and O–H groups in total. The van der Waals surface area contributed by atoms with Gasteiger partial charge in [0.2, 0.25) is 5.91 Å². The highest BCUT2D eigenvalue weighted by atomic mass is 32.2. The van der Waals surface area contributed by atoms with Crippen molar-refractivity contribution in [3.63, 3.8) is 0 Å². The van der Waals surface area contributed by atoms with E-state index >= 15 is 0 Å². The van der Waals surface area contributed by atoms with E-state index in [4.69, 9.17) is 5.73 Å².